The second-order valence-corrected chi connectivity index (χ2v) is 5.05. The number of carbonyl (C=O) groups excluding carboxylic acids is 1. The average molecular weight is 245 g/mol. The highest BCUT2D eigenvalue weighted by molar-refractivity contribution is 5.74. The monoisotopic (exact) mass is 245 g/mol. The quantitative estimate of drug-likeness (QED) is 0.874. The van der Waals surface area contributed by atoms with Crippen LogP contribution in [0.25, 0.3) is 0 Å². The van der Waals surface area contributed by atoms with Crippen molar-refractivity contribution in [2.45, 2.75) is 19.5 Å². The van der Waals surface area contributed by atoms with Gasteiger partial charge in [0, 0.05) is 39.3 Å². The van der Waals surface area contributed by atoms with Crippen molar-refractivity contribution in [2.75, 3.05) is 26.2 Å². The Bertz CT molecular complexity index is 417. The Balaban J connectivity index is 1.41. The van der Waals surface area contributed by atoms with Gasteiger partial charge in [-0.05, 0) is 17.5 Å². The summed E-state index contributed by atoms with van der Waals surface area (Å²) in [6.45, 7) is 5.52. The zero-order valence-electron chi connectivity index (χ0n) is 10.6. The first-order chi connectivity index (χ1) is 8.83. The summed E-state index contributed by atoms with van der Waals surface area (Å²) in [5.74, 6) is 0. The zero-order valence-corrected chi connectivity index (χ0v) is 10.6. The lowest BCUT2D eigenvalue weighted by atomic mass is 10.1. The third-order valence-electron chi connectivity index (χ3n) is 3.75. The van der Waals surface area contributed by atoms with Crippen LogP contribution in [0, 0.1) is 0 Å². The van der Waals surface area contributed by atoms with Crippen LogP contribution < -0.4 is 5.32 Å². The van der Waals surface area contributed by atoms with Crippen molar-refractivity contribution in [3.8, 4) is 0 Å². The van der Waals surface area contributed by atoms with Crippen molar-refractivity contribution < 1.29 is 4.79 Å². The fourth-order valence-corrected chi connectivity index (χ4v) is 2.51. The number of nitrogens with zero attached hydrogens (tertiary/aromatic N) is 2. The predicted octanol–water partition coefficient (Wildman–Crippen LogP) is 1.42. The Kier molecular flexibility index (Phi) is 3.19. The van der Waals surface area contributed by atoms with Crippen LogP contribution in [-0.2, 0) is 13.1 Å². The first kappa shape index (κ1) is 11.5. The molecule has 1 saturated heterocycles. The highest BCUT2D eigenvalue weighted by Gasteiger charge is 2.21. The number of fused-ring (bicyclic) bond motifs is 1. The Morgan fingerprint density at radius 3 is 2.39 bits per heavy atom. The summed E-state index contributed by atoms with van der Waals surface area (Å²) in [6, 6.07) is 8.65. The molecule has 0 spiro atoms. The van der Waals surface area contributed by atoms with Crippen molar-refractivity contribution in [1.29, 1.82) is 0 Å². The van der Waals surface area contributed by atoms with Gasteiger partial charge in [0.15, 0.2) is 0 Å². The number of rotatable bonds is 3. The molecule has 96 valence electrons. The van der Waals surface area contributed by atoms with Gasteiger partial charge in [-0.15, -0.1) is 0 Å². The number of urea groups is 1. The van der Waals surface area contributed by atoms with Crippen LogP contribution in [0.3, 0.4) is 0 Å². The molecule has 1 N–H and O–H groups in total. The molecule has 2 aliphatic heterocycles. The van der Waals surface area contributed by atoms with Crippen molar-refractivity contribution in [3.63, 3.8) is 0 Å². The Hall–Kier alpha value is -1.55. The van der Waals surface area contributed by atoms with Gasteiger partial charge in [-0.3, -0.25) is 4.90 Å². The van der Waals surface area contributed by atoms with E-state index in [1.807, 2.05) is 4.90 Å². The number of hydrogen-bond donors (Lipinski definition) is 1. The van der Waals surface area contributed by atoms with Gasteiger partial charge in [-0.1, -0.05) is 24.3 Å². The summed E-state index contributed by atoms with van der Waals surface area (Å²) in [6.07, 6.45) is 1.15. The first-order valence-electron chi connectivity index (χ1n) is 6.65. The molecule has 2 amide bonds. The van der Waals surface area contributed by atoms with E-state index in [1.165, 1.54) is 11.1 Å². The number of amides is 2. The summed E-state index contributed by atoms with van der Waals surface area (Å²) in [4.78, 5) is 15.8. The van der Waals surface area contributed by atoms with Crippen LogP contribution in [0.1, 0.15) is 17.5 Å². The maximum Gasteiger partial charge on any atom is 0.317 e. The molecule has 0 saturated carbocycles. The number of carbonyl (C=O) groups is 1. The molecule has 0 radical (unpaired) electrons. The number of benzene rings is 1. The molecule has 0 aliphatic carbocycles. The number of likely N-dealkylation sites (tertiary alicyclic amines) is 1. The molecule has 2 aliphatic rings. The van der Waals surface area contributed by atoms with Gasteiger partial charge in [0.2, 0.25) is 0 Å². The van der Waals surface area contributed by atoms with E-state index in [0.29, 0.717) is 0 Å². The molecule has 4 heteroatoms. The molecule has 3 rings (SSSR count). The third kappa shape index (κ3) is 2.34. The highest BCUT2D eigenvalue weighted by Crippen LogP contribution is 2.21. The van der Waals surface area contributed by atoms with Crippen molar-refractivity contribution in [2.24, 2.45) is 0 Å². The van der Waals surface area contributed by atoms with E-state index < -0.39 is 0 Å². The molecule has 1 aromatic rings. The van der Waals surface area contributed by atoms with Gasteiger partial charge in [0.1, 0.15) is 0 Å². The van der Waals surface area contributed by atoms with Crippen LogP contribution in [0.5, 0.6) is 0 Å². The summed E-state index contributed by atoms with van der Waals surface area (Å²) in [5.41, 5.74) is 2.85. The molecule has 0 unspecified atom stereocenters. The molecule has 18 heavy (non-hydrogen) atoms. The van der Waals surface area contributed by atoms with Crippen LogP contribution >= 0.6 is 0 Å². The van der Waals surface area contributed by atoms with E-state index in [2.05, 4.69) is 34.5 Å². The van der Waals surface area contributed by atoms with E-state index in [-0.39, 0.29) is 6.03 Å². The summed E-state index contributed by atoms with van der Waals surface area (Å²) in [5, 5.41) is 2.98. The standard InChI is InChI=1S/C14H19N3O/c18-14(17-7-3-8-17)15-6-9-16-10-12-4-1-2-5-13(12)11-16/h1-2,4-5H,3,6-11H2,(H,15,18). The summed E-state index contributed by atoms with van der Waals surface area (Å²) in [7, 11) is 0. The molecule has 0 aromatic heterocycles. The maximum absolute atomic E-state index is 11.6. The lowest BCUT2D eigenvalue weighted by molar-refractivity contribution is 0.165. The highest BCUT2D eigenvalue weighted by atomic mass is 16.2. The molecule has 1 aromatic carbocycles. The van der Waals surface area contributed by atoms with E-state index in [0.717, 1.165) is 45.7 Å². The summed E-state index contributed by atoms with van der Waals surface area (Å²) < 4.78 is 0. The minimum atomic E-state index is 0.0953. The molecule has 4 nitrogen and oxygen atoms in total. The minimum Gasteiger partial charge on any atom is -0.337 e. The normalized spacial score (nSPS) is 18.3. The van der Waals surface area contributed by atoms with E-state index in [4.69, 9.17) is 0 Å². The maximum atomic E-state index is 11.6. The zero-order chi connectivity index (χ0) is 12.4. The Labute approximate surface area is 108 Å². The topological polar surface area (TPSA) is 35.6 Å². The lowest BCUT2D eigenvalue weighted by Crippen LogP contribution is -2.48. The largest absolute Gasteiger partial charge is 0.337 e. The molecule has 0 bridgehead atoms. The molecule has 2 heterocycles. The predicted molar refractivity (Wildman–Crippen MR) is 70.1 cm³/mol. The van der Waals surface area contributed by atoms with Gasteiger partial charge >= 0.3 is 6.03 Å². The van der Waals surface area contributed by atoms with Crippen molar-refractivity contribution >= 4 is 6.03 Å². The van der Waals surface area contributed by atoms with Gasteiger partial charge in [0.05, 0.1) is 0 Å². The SMILES string of the molecule is O=C(NCCN1Cc2ccccc2C1)N1CCC1. The molecule has 1 fully saturated rings. The minimum absolute atomic E-state index is 0.0953. The average Bonchev–Trinajstić information content (AvgIpc) is 2.69. The van der Waals surface area contributed by atoms with Gasteiger partial charge in [-0.2, -0.15) is 0 Å². The van der Waals surface area contributed by atoms with E-state index in [9.17, 15) is 4.79 Å². The third-order valence-corrected chi connectivity index (χ3v) is 3.75. The van der Waals surface area contributed by atoms with E-state index in [1.54, 1.807) is 0 Å². The van der Waals surface area contributed by atoms with E-state index >= 15 is 0 Å². The first-order valence-corrected chi connectivity index (χ1v) is 6.65. The van der Waals surface area contributed by atoms with Crippen molar-refractivity contribution in [1.82, 2.24) is 15.1 Å². The smallest absolute Gasteiger partial charge is 0.317 e. The fraction of sp³-hybridized carbons (Fsp3) is 0.500. The van der Waals surface area contributed by atoms with Crippen LogP contribution in [0.2, 0.25) is 0 Å². The Morgan fingerprint density at radius 2 is 1.83 bits per heavy atom. The second-order valence-electron chi connectivity index (χ2n) is 5.05. The van der Waals surface area contributed by atoms with Crippen LogP contribution in [0.4, 0.5) is 4.79 Å². The second kappa shape index (κ2) is 4.98. The summed E-state index contributed by atoms with van der Waals surface area (Å²) >= 11 is 0. The molecule has 0 atom stereocenters. The molecular formula is C14H19N3O. The van der Waals surface area contributed by atoms with Gasteiger partial charge < -0.3 is 10.2 Å². The lowest BCUT2D eigenvalue weighted by Gasteiger charge is -2.31. The van der Waals surface area contributed by atoms with Crippen LogP contribution in [-0.4, -0.2) is 42.0 Å². The van der Waals surface area contributed by atoms with Crippen LogP contribution in [0.15, 0.2) is 24.3 Å². The number of nitrogens with one attached hydrogen (secondary N) is 1. The Morgan fingerprint density at radius 1 is 1.17 bits per heavy atom. The molecular weight excluding hydrogens is 226 g/mol. The van der Waals surface area contributed by atoms with Crippen molar-refractivity contribution in [3.05, 3.63) is 35.4 Å². The fourth-order valence-electron chi connectivity index (χ4n) is 2.51. The number of hydrogen-bond acceptors (Lipinski definition) is 2. The van der Waals surface area contributed by atoms with Gasteiger partial charge in [0.25, 0.3) is 0 Å². The van der Waals surface area contributed by atoms with Gasteiger partial charge in [-0.25, -0.2) is 4.79 Å².